The fourth-order valence-corrected chi connectivity index (χ4v) is 9.32. The van der Waals surface area contributed by atoms with Crippen molar-refractivity contribution >= 4 is 0 Å². The molecule has 0 saturated heterocycles. The van der Waals surface area contributed by atoms with Gasteiger partial charge in [0.15, 0.2) is 0 Å². The maximum Gasteiger partial charge on any atom is 0.0729 e. The van der Waals surface area contributed by atoms with E-state index in [4.69, 9.17) is 0 Å². The van der Waals surface area contributed by atoms with Gasteiger partial charge in [0.25, 0.3) is 0 Å². The van der Waals surface area contributed by atoms with Gasteiger partial charge in [0.1, 0.15) is 0 Å². The van der Waals surface area contributed by atoms with Crippen molar-refractivity contribution in [3.63, 3.8) is 0 Å². The molecule has 0 bridgehead atoms. The molecule has 2 N–H and O–H groups in total. The topological polar surface area (TPSA) is 40.5 Å². The molecule has 4 rings (SSSR count). The quantitative estimate of drug-likeness (QED) is 0.455. The van der Waals surface area contributed by atoms with Gasteiger partial charge < -0.3 is 10.2 Å². The van der Waals surface area contributed by atoms with Gasteiger partial charge in [0.2, 0.25) is 0 Å². The molecule has 0 heterocycles. The SMILES string of the molecule is CC(C)CCC[C@@H](C)[C@@]1(O)CC[C@H]2[C@@H]3CC=C4C(C)(C)C(O)CC[C@]4(C)[C@H]3CC[C@@]21C. The summed E-state index contributed by atoms with van der Waals surface area (Å²) in [7, 11) is 0. The highest BCUT2D eigenvalue weighted by molar-refractivity contribution is 5.31. The van der Waals surface area contributed by atoms with E-state index in [1.807, 2.05) is 0 Å². The van der Waals surface area contributed by atoms with E-state index in [0.29, 0.717) is 17.8 Å². The summed E-state index contributed by atoms with van der Waals surface area (Å²) in [6.07, 6.45) is 13.9. The number of hydrogen-bond donors (Lipinski definition) is 2. The Bertz CT molecular complexity index is 708. The maximum atomic E-state index is 12.1. The van der Waals surface area contributed by atoms with Crippen molar-refractivity contribution in [1.82, 2.24) is 0 Å². The molecule has 0 aliphatic heterocycles. The second kappa shape index (κ2) is 7.86. The number of hydrogen-bond acceptors (Lipinski definition) is 2. The Labute approximate surface area is 192 Å². The molecule has 178 valence electrons. The second-order valence-corrected chi connectivity index (χ2v) is 13.6. The van der Waals surface area contributed by atoms with Gasteiger partial charge in [-0.1, -0.05) is 73.0 Å². The fraction of sp³-hybridized carbons (Fsp3) is 0.931. The minimum atomic E-state index is -0.494. The zero-order valence-electron chi connectivity index (χ0n) is 21.5. The summed E-state index contributed by atoms with van der Waals surface area (Å²) < 4.78 is 0. The number of fused-ring (bicyclic) bond motifs is 5. The lowest BCUT2D eigenvalue weighted by Gasteiger charge is -2.62. The largest absolute Gasteiger partial charge is 0.392 e. The predicted octanol–water partition coefficient (Wildman–Crippen LogP) is 7.14. The molecule has 2 heteroatoms. The van der Waals surface area contributed by atoms with E-state index in [-0.39, 0.29) is 22.3 Å². The van der Waals surface area contributed by atoms with Gasteiger partial charge >= 0.3 is 0 Å². The summed E-state index contributed by atoms with van der Waals surface area (Å²) in [5.74, 6) is 3.22. The number of aliphatic hydroxyl groups is 2. The molecular formula is C29H50O2. The Morgan fingerprint density at radius 2 is 1.61 bits per heavy atom. The monoisotopic (exact) mass is 430 g/mol. The Balaban J connectivity index is 1.58. The van der Waals surface area contributed by atoms with E-state index in [1.165, 1.54) is 38.5 Å². The zero-order valence-corrected chi connectivity index (χ0v) is 21.5. The molecule has 3 saturated carbocycles. The van der Waals surface area contributed by atoms with Gasteiger partial charge in [0.05, 0.1) is 11.7 Å². The lowest BCUT2D eigenvalue weighted by Crippen LogP contribution is -2.58. The summed E-state index contributed by atoms with van der Waals surface area (Å²) in [5, 5.41) is 22.9. The normalized spacial score (nSPS) is 47.4. The summed E-state index contributed by atoms with van der Waals surface area (Å²) in [5.41, 5.74) is 1.25. The van der Waals surface area contributed by atoms with Crippen LogP contribution in [0.4, 0.5) is 0 Å². The molecule has 1 unspecified atom stereocenters. The molecule has 0 aromatic heterocycles. The highest BCUT2D eigenvalue weighted by atomic mass is 16.3. The molecule has 31 heavy (non-hydrogen) atoms. The van der Waals surface area contributed by atoms with E-state index < -0.39 is 5.60 Å². The fourth-order valence-electron chi connectivity index (χ4n) is 9.32. The molecule has 0 amide bonds. The average molecular weight is 431 g/mol. The van der Waals surface area contributed by atoms with Crippen LogP contribution in [0.15, 0.2) is 11.6 Å². The molecule has 0 radical (unpaired) electrons. The lowest BCUT2D eigenvalue weighted by atomic mass is 9.44. The van der Waals surface area contributed by atoms with E-state index in [9.17, 15) is 10.2 Å². The maximum absolute atomic E-state index is 12.1. The Kier molecular flexibility index (Phi) is 6.04. The van der Waals surface area contributed by atoms with Crippen LogP contribution in [0.1, 0.15) is 113 Å². The summed E-state index contributed by atoms with van der Waals surface area (Å²) in [6.45, 7) is 16.5. The van der Waals surface area contributed by atoms with Crippen LogP contribution in [0.25, 0.3) is 0 Å². The predicted molar refractivity (Wildman–Crippen MR) is 130 cm³/mol. The van der Waals surface area contributed by atoms with Crippen molar-refractivity contribution in [2.24, 2.45) is 45.8 Å². The van der Waals surface area contributed by atoms with Gasteiger partial charge in [0, 0.05) is 5.41 Å². The van der Waals surface area contributed by atoms with E-state index >= 15 is 0 Å². The summed E-state index contributed by atoms with van der Waals surface area (Å²) in [4.78, 5) is 0. The van der Waals surface area contributed by atoms with Gasteiger partial charge in [-0.3, -0.25) is 0 Å². The Morgan fingerprint density at radius 1 is 0.935 bits per heavy atom. The van der Waals surface area contributed by atoms with E-state index in [2.05, 4.69) is 54.5 Å². The minimum absolute atomic E-state index is 0.0663. The second-order valence-electron chi connectivity index (χ2n) is 13.6. The van der Waals surface area contributed by atoms with Crippen LogP contribution in [0.3, 0.4) is 0 Å². The van der Waals surface area contributed by atoms with E-state index in [1.54, 1.807) is 5.57 Å². The van der Waals surface area contributed by atoms with Crippen molar-refractivity contribution in [2.75, 3.05) is 0 Å². The van der Waals surface area contributed by atoms with Crippen molar-refractivity contribution in [2.45, 2.75) is 124 Å². The minimum Gasteiger partial charge on any atom is -0.392 e. The van der Waals surface area contributed by atoms with Crippen LogP contribution in [-0.2, 0) is 0 Å². The molecule has 0 aromatic rings. The number of allylic oxidation sites excluding steroid dienone is 1. The number of aliphatic hydroxyl groups excluding tert-OH is 1. The third kappa shape index (κ3) is 3.40. The van der Waals surface area contributed by atoms with Crippen LogP contribution in [0, 0.1) is 45.8 Å². The van der Waals surface area contributed by atoms with Crippen LogP contribution < -0.4 is 0 Å². The highest BCUT2D eigenvalue weighted by Gasteiger charge is 2.65. The molecule has 0 spiro atoms. The molecule has 8 atom stereocenters. The van der Waals surface area contributed by atoms with Crippen molar-refractivity contribution in [1.29, 1.82) is 0 Å². The summed E-state index contributed by atoms with van der Waals surface area (Å²) in [6, 6.07) is 0. The van der Waals surface area contributed by atoms with Crippen LogP contribution in [-0.4, -0.2) is 21.9 Å². The molecule has 3 fully saturated rings. The highest BCUT2D eigenvalue weighted by Crippen LogP contribution is 2.69. The third-order valence-corrected chi connectivity index (χ3v) is 11.4. The zero-order chi connectivity index (χ0) is 22.8. The molecule has 2 nitrogen and oxygen atoms in total. The lowest BCUT2D eigenvalue weighted by molar-refractivity contribution is -0.153. The molecule has 0 aromatic carbocycles. The van der Waals surface area contributed by atoms with Crippen LogP contribution in [0.2, 0.25) is 0 Å². The molecular weight excluding hydrogens is 380 g/mol. The first kappa shape index (κ1) is 23.8. The smallest absolute Gasteiger partial charge is 0.0729 e. The van der Waals surface area contributed by atoms with Crippen molar-refractivity contribution < 1.29 is 10.2 Å². The van der Waals surface area contributed by atoms with Gasteiger partial charge in [-0.25, -0.2) is 0 Å². The first-order valence-electron chi connectivity index (χ1n) is 13.5. The summed E-state index contributed by atoms with van der Waals surface area (Å²) >= 11 is 0. The Hall–Kier alpha value is -0.340. The van der Waals surface area contributed by atoms with Crippen LogP contribution in [0.5, 0.6) is 0 Å². The van der Waals surface area contributed by atoms with E-state index in [0.717, 1.165) is 37.5 Å². The first-order chi connectivity index (χ1) is 14.4. The Morgan fingerprint density at radius 3 is 2.29 bits per heavy atom. The van der Waals surface area contributed by atoms with Gasteiger partial charge in [-0.15, -0.1) is 0 Å². The number of rotatable bonds is 5. The van der Waals surface area contributed by atoms with Crippen LogP contribution >= 0.6 is 0 Å². The third-order valence-electron chi connectivity index (χ3n) is 11.4. The van der Waals surface area contributed by atoms with Gasteiger partial charge in [-0.05, 0) is 91.8 Å². The molecule has 4 aliphatic carbocycles. The first-order valence-corrected chi connectivity index (χ1v) is 13.5. The van der Waals surface area contributed by atoms with Crippen molar-refractivity contribution in [3.05, 3.63) is 11.6 Å². The van der Waals surface area contributed by atoms with Gasteiger partial charge in [-0.2, -0.15) is 0 Å². The molecule has 4 aliphatic rings. The standard InChI is InChI=1S/C29H50O2/c1-19(2)9-8-10-20(3)29(31)18-14-23-21-11-12-24-26(4,5)25(30)15-16-27(24,6)22(21)13-17-28(23,29)7/h12,19-23,25,30-31H,8-11,13-18H2,1-7H3/t20-,21-,22+,23+,25?,27-,28+,29+/m1/s1. The van der Waals surface area contributed by atoms with Crippen molar-refractivity contribution in [3.8, 4) is 0 Å². The average Bonchev–Trinajstić information content (AvgIpc) is 2.97.